The number of amides is 2. The number of carbonyl (C=O) groups excluding carboxylic acids is 2. The normalized spacial score (nSPS) is 11.2. The van der Waals surface area contributed by atoms with Crippen molar-refractivity contribution in [3.63, 3.8) is 0 Å². The van der Waals surface area contributed by atoms with E-state index in [4.69, 9.17) is 39.2 Å². The average molecular weight is 531 g/mol. The van der Waals surface area contributed by atoms with Crippen LogP contribution in [0.5, 0.6) is 0 Å². The largest absolute Gasteiger partial charge is 0.467 e. The van der Waals surface area contributed by atoms with Crippen molar-refractivity contribution >= 4 is 68.0 Å². The molecule has 0 saturated carbocycles. The summed E-state index contributed by atoms with van der Waals surface area (Å²) in [6.07, 6.45) is 2.42. The number of rotatable bonds is 8. The van der Waals surface area contributed by atoms with Gasteiger partial charge >= 0.3 is 0 Å². The van der Waals surface area contributed by atoms with Gasteiger partial charge < -0.3 is 15.1 Å². The molecule has 0 saturated heterocycles. The third-order valence-corrected chi connectivity index (χ3v) is 6.55. The first-order valence-electron chi connectivity index (χ1n) is 9.38. The van der Waals surface area contributed by atoms with Gasteiger partial charge in [-0.1, -0.05) is 46.9 Å². The molecule has 33 heavy (non-hydrogen) atoms. The van der Waals surface area contributed by atoms with Crippen molar-refractivity contribution in [2.45, 2.75) is 6.54 Å². The standard InChI is InChI=1S/C21H18Cl3N3O5S/c1-33(30,31)27(19-10-16(23)15(22)9-17(19)24)12-20(28)26-18-7-3-2-6-14(18)21(29)25-11-13-5-4-8-32-13/h2-10H,11-12H2,1H3,(H,25,29)(H,26,28). The fraction of sp³-hybridized carbons (Fsp3) is 0.143. The summed E-state index contributed by atoms with van der Waals surface area (Å²) in [7, 11) is -3.92. The second kappa shape index (κ2) is 10.5. The van der Waals surface area contributed by atoms with Crippen molar-refractivity contribution < 1.29 is 22.4 Å². The summed E-state index contributed by atoms with van der Waals surface area (Å²) in [6.45, 7) is -0.454. The highest BCUT2D eigenvalue weighted by atomic mass is 35.5. The molecule has 1 aromatic heterocycles. The number of hydrogen-bond donors (Lipinski definition) is 2. The first-order chi connectivity index (χ1) is 15.6. The number of carbonyl (C=O) groups is 2. The van der Waals surface area contributed by atoms with Crippen LogP contribution in [0.25, 0.3) is 0 Å². The molecule has 0 fully saturated rings. The van der Waals surface area contributed by atoms with E-state index < -0.39 is 28.4 Å². The maximum absolute atomic E-state index is 12.8. The van der Waals surface area contributed by atoms with Gasteiger partial charge in [0.1, 0.15) is 12.3 Å². The molecule has 0 bridgehead atoms. The monoisotopic (exact) mass is 529 g/mol. The molecule has 2 N–H and O–H groups in total. The van der Waals surface area contributed by atoms with E-state index in [-0.39, 0.29) is 38.6 Å². The molecule has 0 aliphatic rings. The Labute approximate surface area is 205 Å². The van der Waals surface area contributed by atoms with Crippen LogP contribution < -0.4 is 14.9 Å². The number of para-hydroxylation sites is 1. The van der Waals surface area contributed by atoms with Crippen LogP contribution in [0.4, 0.5) is 11.4 Å². The van der Waals surface area contributed by atoms with Crippen LogP contribution in [0.1, 0.15) is 16.1 Å². The molecular weight excluding hydrogens is 513 g/mol. The molecule has 3 aromatic rings. The van der Waals surface area contributed by atoms with Gasteiger partial charge in [-0.05, 0) is 36.4 Å². The number of nitrogens with one attached hydrogen (secondary N) is 2. The van der Waals surface area contributed by atoms with Gasteiger partial charge in [0.05, 0.1) is 51.1 Å². The van der Waals surface area contributed by atoms with E-state index in [0.29, 0.717) is 5.76 Å². The Bertz CT molecular complexity index is 1280. The fourth-order valence-electron chi connectivity index (χ4n) is 2.87. The first kappa shape index (κ1) is 24.9. The van der Waals surface area contributed by atoms with E-state index in [1.54, 1.807) is 24.3 Å². The molecule has 8 nitrogen and oxygen atoms in total. The third kappa shape index (κ3) is 6.42. The maximum Gasteiger partial charge on any atom is 0.253 e. The Kier molecular flexibility index (Phi) is 7.91. The summed E-state index contributed by atoms with van der Waals surface area (Å²) >= 11 is 18.1. The summed E-state index contributed by atoms with van der Waals surface area (Å²) in [6, 6.07) is 12.3. The predicted octanol–water partition coefficient (Wildman–Crippen LogP) is 4.57. The second-order valence-corrected chi connectivity index (χ2v) is 9.97. The van der Waals surface area contributed by atoms with Crippen molar-refractivity contribution in [3.05, 3.63) is 81.2 Å². The first-order valence-corrected chi connectivity index (χ1v) is 12.4. The number of benzene rings is 2. The minimum absolute atomic E-state index is 0.000305. The molecule has 3 rings (SSSR count). The smallest absolute Gasteiger partial charge is 0.253 e. The van der Waals surface area contributed by atoms with Crippen molar-refractivity contribution in [2.75, 3.05) is 22.4 Å². The lowest BCUT2D eigenvalue weighted by atomic mass is 10.1. The Hall–Kier alpha value is -2.72. The summed E-state index contributed by atoms with van der Waals surface area (Å²) in [5.74, 6) is -0.587. The topological polar surface area (TPSA) is 109 Å². The van der Waals surface area contributed by atoms with E-state index in [1.165, 1.54) is 30.5 Å². The molecule has 0 radical (unpaired) electrons. The Balaban J connectivity index is 1.79. The molecule has 2 amide bonds. The summed E-state index contributed by atoms with van der Waals surface area (Å²) in [5.41, 5.74) is 0.386. The Morgan fingerprint density at radius 3 is 2.36 bits per heavy atom. The number of anilines is 2. The van der Waals surface area contributed by atoms with Crippen LogP contribution >= 0.6 is 34.8 Å². The third-order valence-electron chi connectivity index (χ3n) is 4.40. The summed E-state index contributed by atoms with van der Waals surface area (Å²) in [5, 5.41) is 5.47. The zero-order valence-corrected chi connectivity index (χ0v) is 20.2. The van der Waals surface area contributed by atoms with Crippen molar-refractivity contribution in [1.29, 1.82) is 0 Å². The zero-order valence-electron chi connectivity index (χ0n) is 17.1. The van der Waals surface area contributed by atoms with Crippen LogP contribution in [0.15, 0.2) is 59.2 Å². The Morgan fingerprint density at radius 1 is 1.00 bits per heavy atom. The van der Waals surface area contributed by atoms with Gasteiger partial charge in [-0.3, -0.25) is 13.9 Å². The minimum Gasteiger partial charge on any atom is -0.467 e. The predicted molar refractivity (Wildman–Crippen MR) is 129 cm³/mol. The van der Waals surface area contributed by atoms with Gasteiger partial charge in [-0.25, -0.2) is 8.42 Å². The lowest BCUT2D eigenvalue weighted by Crippen LogP contribution is -2.38. The van der Waals surface area contributed by atoms with Gasteiger partial charge in [-0.15, -0.1) is 0 Å². The fourth-order valence-corrected chi connectivity index (χ4v) is 4.42. The van der Waals surface area contributed by atoms with Crippen molar-refractivity contribution in [2.24, 2.45) is 0 Å². The molecule has 0 atom stereocenters. The summed E-state index contributed by atoms with van der Waals surface area (Å²) < 4.78 is 30.7. The molecule has 12 heteroatoms. The zero-order chi connectivity index (χ0) is 24.2. The lowest BCUT2D eigenvalue weighted by Gasteiger charge is -2.23. The van der Waals surface area contributed by atoms with Gasteiger partial charge in [-0.2, -0.15) is 0 Å². The minimum atomic E-state index is -3.92. The molecule has 0 aliphatic carbocycles. The molecule has 0 spiro atoms. The van der Waals surface area contributed by atoms with Crippen LogP contribution in [0.2, 0.25) is 15.1 Å². The molecule has 0 unspecified atom stereocenters. The van der Waals surface area contributed by atoms with Crippen molar-refractivity contribution in [1.82, 2.24) is 5.32 Å². The summed E-state index contributed by atoms with van der Waals surface area (Å²) in [4.78, 5) is 25.4. The van der Waals surface area contributed by atoms with E-state index in [0.717, 1.165) is 10.6 Å². The molecule has 174 valence electrons. The van der Waals surface area contributed by atoms with Gasteiger partial charge in [0, 0.05) is 0 Å². The van der Waals surface area contributed by atoms with Gasteiger partial charge in [0.2, 0.25) is 15.9 Å². The lowest BCUT2D eigenvalue weighted by molar-refractivity contribution is -0.114. The van der Waals surface area contributed by atoms with Crippen LogP contribution in [0.3, 0.4) is 0 Å². The number of hydrogen-bond acceptors (Lipinski definition) is 5. The van der Waals surface area contributed by atoms with E-state index in [9.17, 15) is 18.0 Å². The van der Waals surface area contributed by atoms with Crippen LogP contribution in [0, 0.1) is 0 Å². The number of nitrogens with zero attached hydrogens (tertiary/aromatic N) is 1. The van der Waals surface area contributed by atoms with Gasteiger partial charge in [0.15, 0.2) is 0 Å². The quantitative estimate of drug-likeness (QED) is 0.415. The second-order valence-electron chi connectivity index (χ2n) is 6.84. The number of halogens is 3. The van der Waals surface area contributed by atoms with Crippen molar-refractivity contribution in [3.8, 4) is 0 Å². The van der Waals surface area contributed by atoms with E-state index in [2.05, 4.69) is 10.6 Å². The molecule has 2 aromatic carbocycles. The van der Waals surface area contributed by atoms with E-state index >= 15 is 0 Å². The van der Waals surface area contributed by atoms with Crippen LogP contribution in [-0.2, 0) is 21.4 Å². The highest BCUT2D eigenvalue weighted by Crippen LogP contribution is 2.35. The molecular formula is C21H18Cl3N3O5S. The Morgan fingerprint density at radius 2 is 1.70 bits per heavy atom. The van der Waals surface area contributed by atoms with Gasteiger partial charge in [0.25, 0.3) is 5.91 Å². The molecule has 1 heterocycles. The highest BCUT2D eigenvalue weighted by Gasteiger charge is 2.25. The van der Waals surface area contributed by atoms with E-state index in [1.807, 2.05) is 0 Å². The number of furan rings is 1. The average Bonchev–Trinajstić information content (AvgIpc) is 3.26. The van der Waals surface area contributed by atoms with Crippen LogP contribution in [-0.4, -0.2) is 33.0 Å². The molecule has 0 aliphatic heterocycles. The highest BCUT2D eigenvalue weighted by molar-refractivity contribution is 7.92. The number of sulfonamides is 1. The maximum atomic E-state index is 12.8. The SMILES string of the molecule is CS(=O)(=O)N(CC(=O)Nc1ccccc1C(=O)NCc1ccco1)c1cc(Cl)c(Cl)cc1Cl.